The first-order valence-corrected chi connectivity index (χ1v) is 7.16. The van der Waals surface area contributed by atoms with E-state index in [-0.39, 0.29) is 17.7 Å². The molecule has 0 aliphatic carbocycles. The first-order chi connectivity index (χ1) is 12.8. The minimum atomic E-state index is -6.26. The number of hydroxylamine groups is 1. The lowest BCUT2D eigenvalue weighted by molar-refractivity contribution is -0.348. The van der Waals surface area contributed by atoms with E-state index in [4.69, 9.17) is 9.94 Å². The predicted molar refractivity (Wildman–Crippen MR) is 77.1 cm³/mol. The van der Waals surface area contributed by atoms with Gasteiger partial charge in [-0.2, -0.15) is 26.3 Å². The number of ether oxygens (including phenoxy) is 1. The van der Waals surface area contributed by atoms with Gasteiger partial charge >= 0.3 is 18.0 Å². The Hall–Kier alpha value is -2.89. The zero-order valence-electron chi connectivity index (χ0n) is 13.3. The van der Waals surface area contributed by atoms with Crippen molar-refractivity contribution >= 4 is 5.91 Å². The van der Waals surface area contributed by atoms with Crippen LogP contribution < -0.4 is 10.2 Å². The Morgan fingerprint density at radius 3 is 1.86 bits per heavy atom. The van der Waals surface area contributed by atoms with Gasteiger partial charge in [-0.3, -0.25) is 10.0 Å². The molecule has 0 spiro atoms. The summed E-state index contributed by atoms with van der Waals surface area (Å²) in [6.07, 6.45) is -12.5. The molecular weight excluding hydrogens is 406 g/mol. The quantitative estimate of drug-likeness (QED) is 0.419. The van der Waals surface area contributed by atoms with Crippen LogP contribution in [0.5, 0.6) is 11.5 Å². The van der Waals surface area contributed by atoms with Crippen molar-refractivity contribution in [3.8, 4) is 11.5 Å². The van der Waals surface area contributed by atoms with Gasteiger partial charge in [-0.25, -0.2) is 14.3 Å². The van der Waals surface area contributed by atoms with Crippen molar-refractivity contribution in [1.82, 2.24) is 5.48 Å². The van der Waals surface area contributed by atoms with Crippen LogP contribution in [-0.4, -0.2) is 23.5 Å². The molecule has 1 amide bonds. The van der Waals surface area contributed by atoms with Gasteiger partial charge in [0.2, 0.25) is 0 Å². The zero-order valence-corrected chi connectivity index (χ0v) is 13.3. The summed E-state index contributed by atoms with van der Waals surface area (Å²) < 4.78 is 109. The molecule has 152 valence electrons. The lowest BCUT2D eigenvalue weighted by Crippen LogP contribution is -2.50. The molecule has 0 heterocycles. The standard InChI is InChI=1S/C16H9F8NO3/c17-11-7-8(13(26)25-27)1-6-12(11)28-10-4-2-9(3-5-10)14(18,15(19,20)21)16(22,23)24/h1-7,27H,(H,25,26). The van der Waals surface area contributed by atoms with Gasteiger partial charge in [0, 0.05) is 11.1 Å². The first-order valence-electron chi connectivity index (χ1n) is 7.16. The van der Waals surface area contributed by atoms with Crippen molar-refractivity contribution < 1.29 is 49.9 Å². The summed E-state index contributed by atoms with van der Waals surface area (Å²) >= 11 is 0. The van der Waals surface area contributed by atoms with E-state index in [0.29, 0.717) is 18.2 Å². The van der Waals surface area contributed by atoms with Crippen LogP contribution in [0.1, 0.15) is 15.9 Å². The van der Waals surface area contributed by atoms with Crippen LogP contribution in [0.4, 0.5) is 35.1 Å². The molecule has 0 aliphatic rings. The molecule has 0 radical (unpaired) electrons. The number of amides is 1. The molecule has 0 aromatic heterocycles. The molecule has 0 unspecified atom stereocenters. The van der Waals surface area contributed by atoms with Gasteiger partial charge in [-0.15, -0.1) is 0 Å². The van der Waals surface area contributed by atoms with Crippen molar-refractivity contribution in [1.29, 1.82) is 0 Å². The second-order valence-corrected chi connectivity index (χ2v) is 5.37. The van der Waals surface area contributed by atoms with E-state index >= 15 is 0 Å². The van der Waals surface area contributed by atoms with Crippen LogP contribution in [0.2, 0.25) is 0 Å². The van der Waals surface area contributed by atoms with Gasteiger partial charge in [0.15, 0.2) is 11.6 Å². The van der Waals surface area contributed by atoms with E-state index in [1.54, 1.807) is 0 Å². The average molecular weight is 415 g/mol. The van der Waals surface area contributed by atoms with Crippen LogP contribution in [0.25, 0.3) is 0 Å². The number of nitrogens with one attached hydrogen (secondary N) is 1. The molecule has 0 atom stereocenters. The molecule has 2 rings (SSSR count). The number of carbonyl (C=O) groups is 1. The monoisotopic (exact) mass is 415 g/mol. The van der Waals surface area contributed by atoms with Crippen LogP contribution in [0.15, 0.2) is 42.5 Å². The van der Waals surface area contributed by atoms with Gasteiger partial charge in [0.1, 0.15) is 5.75 Å². The Kier molecular flexibility index (Phi) is 5.55. The zero-order chi connectivity index (χ0) is 21.3. The third-order valence-corrected chi connectivity index (χ3v) is 3.56. The van der Waals surface area contributed by atoms with E-state index in [2.05, 4.69) is 0 Å². The SMILES string of the molecule is O=C(NO)c1ccc(Oc2ccc(C(F)(C(F)(F)F)C(F)(F)F)cc2)c(F)c1. The van der Waals surface area contributed by atoms with Gasteiger partial charge in [0.25, 0.3) is 5.91 Å². The van der Waals surface area contributed by atoms with E-state index in [1.807, 2.05) is 0 Å². The largest absolute Gasteiger partial charge is 0.454 e. The molecule has 4 nitrogen and oxygen atoms in total. The Morgan fingerprint density at radius 1 is 0.893 bits per heavy atom. The van der Waals surface area contributed by atoms with Crippen molar-refractivity contribution in [3.05, 3.63) is 59.4 Å². The molecule has 28 heavy (non-hydrogen) atoms. The molecule has 12 heteroatoms. The maximum atomic E-state index is 13.9. The van der Waals surface area contributed by atoms with Gasteiger partial charge in [0.05, 0.1) is 0 Å². The molecule has 2 aromatic rings. The van der Waals surface area contributed by atoms with Gasteiger partial charge < -0.3 is 4.74 Å². The Morgan fingerprint density at radius 2 is 1.43 bits per heavy atom. The number of halogens is 8. The minimum Gasteiger partial charge on any atom is -0.454 e. The second-order valence-electron chi connectivity index (χ2n) is 5.37. The first kappa shape index (κ1) is 21.4. The number of benzene rings is 2. The molecule has 0 saturated carbocycles. The van der Waals surface area contributed by atoms with Crippen LogP contribution in [-0.2, 0) is 5.67 Å². The van der Waals surface area contributed by atoms with E-state index < -0.39 is 46.8 Å². The highest BCUT2D eigenvalue weighted by Gasteiger charge is 2.73. The lowest BCUT2D eigenvalue weighted by atomic mass is 9.94. The molecule has 0 saturated heterocycles. The van der Waals surface area contributed by atoms with Crippen LogP contribution in [0.3, 0.4) is 0 Å². The van der Waals surface area contributed by atoms with Gasteiger partial charge in [-0.05, 0) is 30.3 Å². The minimum absolute atomic E-state index is 0.210. The maximum Gasteiger partial charge on any atom is 0.435 e. The number of hydrogen-bond donors (Lipinski definition) is 2. The highest BCUT2D eigenvalue weighted by molar-refractivity contribution is 5.93. The molecular formula is C16H9F8NO3. The maximum absolute atomic E-state index is 13.9. The molecule has 0 aliphatic heterocycles. The summed E-state index contributed by atoms with van der Waals surface area (Å²) in [6, 6.07) is 4.22. The Labute approximate surface area is 151 Å². The summed E-state index contributed by atoms with van der Waals surface area (Å²) in [7, 11) is 0. The average Bonchev–Trinajstić information content (AvgIpc) is 2.60. The number of hydrogen-bond acceptors (Lipinski definition) is 3. The van der Waals surface area contributed by atoms with Crippen molar-refractivity contribution in [2.75, 3.05) is 0 Å². The summed E-state index contributed by atoms with van der Waals surface area (Å²) in [4.78, 5) is 11.1. The molecule has 0 fully saturated rings. The van der Waals surface area contributed by atoms with Crippen molar-refractivity contribution in [2.45, 2.75) is 18.0 Å². The molecule has 2 aromatic carbocycles. The van der Waals surface area contributed by atoms with Crippen molar-refractivity contribution in [3.63, 3.8) is 0 Å². The highest BCUT2D eigenvalue weighted by Crippen LogP contribution is 2.53. The summed E-state index contributed by atoms with van der Waals surface area (Å²) in [5, 5.41) is 8.45. The topological polar surface area (TPSA) is 58.6 Å². The summed E-state index contributed by atoms with van der Waals surface area (Å²) in [5.41, 5.74) is -6.36. The van der Waals surface area contributed by atoms with Crippen LogP contribution >= 0.6 is 0 Å². The lowest BCUT2D eigenvalue weighted by Gasteiger charge is -2.30. The predicted octanol–water partition coefficient (Wildman–Crippen LogP) is 5.03. The van der Waals surface area contributed by atoms with Crippen molar-refractivity contribution in [2.24, 2.45) is 0 Å². The number of alkyl halides is 7. The fourth-order valence-electron chi connectivity index (χ4n) is 2.16. The normalized spacial score (nSPS) is 12.6. The fourth-order valence-corrected chi connectivity index (χ4v) is 2.16. The number of carbonyl (C=O) groups excluding carboxylic acids is 1. The van der Waals surface area contributed by atoms with E-state index in [1.165, 1.54) is 5.48 Å². The van der Waals surface area contributed by atoms with E-state index in [0.717, 1.165) is 12.1 Å². The molecule has 2 N–H and O–H groups in total. The smallest absolute Gasteiger partial charge is 0.435 e. The third-order valence-electron chi connectivity index (χ3n) is 3.56. The van der Waals surface area contributed by atoms with Crippen LogP contribution in [0, 0.1) is 5.82 Å². The summed E-state index contributed by atoms with van der Waals surface area (Å²) in [6.45, 7) is 0. The molecule has 0 bridgehead atoms. The summed E-state index contributed by atoms with van der Waals surface area (Å²) in [5.74, 6) is -3.07. The number of rotatable bonds is 4. The van der Waals surface area contributed by atoms with Gasteiger partial charge in [-0.1, -0.05) is 12.1 Å². The highest BCUT2D eigenvalue weighted by atomic mass is 19.4. The second kappa shape index (κ2) is 7.26. The Bertz CT molecular complexity index is 848. The third kappa shape index (κ3) is 3.86. The fraction of sp³-hybridized carbons (Fsp3) is 0.188. The Balaban J connectivity index is 2.32. The van der Waals surface area contributed by atoms with E-state index in [9.17, 15) is 39.9 Å².